The molecule has 2 aliphatic rings. The smallest absolute Gasteiger partial charge is 0.0320 e. The number of rotatable bonds is 1. The van der Waals surface area contributed by atoms with Gasteiger partial charge in [-0.2, -0.15) is 0 Å². The molecular formula is C14H19N. The number of hydrogen-bond donors (Lipinski definition) is 1. The number of benzene rings is 1. The molecule has 0 radical (unpaired) electrons. The molecule has 0 amide bonds. The first-order valence-corrected chi connectivity index (χ1v) is 6.12. The van der Waals surface area contributed by atoms with Crippen molar-refractivity contribution in [2.45, 2.75) is 43.6 Å². The van der Waals surface area contributed by atoms with Gasteiger partial charge in [0.05, 0.1) is 0 Å². The minimum atomic E-state index is 0.573. The van der Waals surface area contributed by atoms with Gasteiger partial charge in [-0.1, -0.05) is 30.7 Å². The van der Waals surface area contributed by atoms with Crippen LogP contribution in [0, 0.1) is 0 Å². The molecule has 1 saturated carbocycles. The van der Waals surface area contributed by atoms with Gasteiger partial charge in [0.1, 0.15) is 0 Å². The average Bonchev–Trinajstić information content (AvgIpc) is 2.25. The van der Waals surface area contributed by atoms with E-state index < -0.39 is 0 Å². The van der Waals surface area contributed by atoms with Crippen LogP contribution in [0.4, 0.5) is 0 Å². The molecule has 3 rings (SSSR count). The molecule has 15 heavy (non-hydrogen) atoms. The van der Waals surface area contributed by atoms with Crippen LogP contribution in [0.2, 0.25) is 0 Å². The zero-order valence-corrected chi connectivity index (χ0v) is 9.42. The van der Waals surface area contributed by atoms with E-state index in [4.69, 9.17) is 0 Å². The van der Waals surface area contributed by atoms with Crippen LogP contribution in [0.3, 0.4) is 0 Å². The van der Waals surface area contributed by atoms with E-state index in [-0.39, 0.29) is 0 Å². The van der Waals surface area contributed by atoms with Gasteiger partial charge < -0.3 is 5.32 Å². The Balaban J connectivity index is 2.07. The minimum Gasteiger partial charge on any atom is -0.313 e. The summed E-state index contributed by atoms with van der Waals surface area (Å²) in [6.45, 7) is 0. The quantitative estimate of drug-likeness (QED) is 0.736. The Morgan fingerprint density at radius 2 is 2.00 bits per heavy atom. The molecule has 0 aliphatic heterocycles. The lowest BCUT2D eigenvalue weighted by Gasteiger charge is -2.48. The molecule has 1 aromatic rings. The Morgan fingerprint density at radius 3 is 2.67 bits per heavy atom. The predicted molar refractivity (Wildman–Crippen MR) is 63.0 cm³/mol. The Kier molecular flexibility index (Phi) is 2.10. The Morgan fingerprint density at radius 1 is 1.20 bits per heavy atom. The van der Waals surface area contributed by atoms with Crippen LogP contribution in [-0.4, -0.2) is 7.05 Å². The predicted octanol–water partition coefficient (Wildman–Crippen LogP) is 3.16. The largest absolute Gasteiger partial charge is 0.313 e. The van der Waals surface area contributed by atoms with Crippen molar-refractivity contribution >= 4 is 0 Å². The summed E-state index contributed by atoms with van der Waals surface area (Å²) in [4.78, 5) is 0. The Hall–Kier alpha value is -0.820. The van der Waals surface area contributed by atoms with Gasteiger partial charge in [0, 0.05) is 6.04 Å². The normalized spacial score (nSPS) is 27.1. The van der Waals surface area contributed by atoms with Gasteiger partial charge in [-0.3, -0.25) is 0 Å². The molecule has 1 spiro atoms. The molecule has 0 saturated heterocycles. The average molecular weight is 201 g/mol. The second-order valence-corrected chi connectivity index (χ2v) is 5.10. The van der Waals surface area contributed by atoms with Gasteiger partial charge >= 0.3 is 0 Å². The number of nitrogens with one attached hydrogen (secondary N) is 1. The Bertz CT molecular complexity index is 365. The summed E-state index contributed by atoms with van der Waals surface area (Å²) in [5, 5.41) is 3.45. The van der Waals surface area contributed by atoms with Crippen LogP contribution < -0.4 is 5.32 Å². The van der Waals surface area contributed by atoms with Crippen LogP contribution in [0.25, 0.3) is 0 Å². The molecule has 2 aliphatic carbocycles. The van der Waals surface area contributed by atoms with E-state index in [0.29, 0.717) is 11.5 Å². The number of fused-ring (bicyclic) bond motifs is 2. The van der Waals surface area contributed by atoms with Crippen molar-refractivity contribution in [2.75, 3.05) is 7.05 Å². The molecule has 0 heterocycles. The maximum absolute atomic E-state index is 3.45. The molecule has 0 bridgehead atoms. The van der Waals surface area contributed by atoms with Gasteiger partial charge in [0.15, 0.2) is 0 Å². The van der Waals surface area contributed by atoms with E-state index in [1.54, 1.807) is 11.1 Å². The lowest BCUT2D eigenvalue weighted by atomic mass is 9.57. The maximum Gasteiger partial charge on any atom is 0.0320 e. The monoisotopic (exact) mass is 201 g/mol. The van der Waals surface area contributed by atoms with Gasteiger partial charge in [-0.25, -0.2) is 0 Å². The highest BCUT2D eigenvalue weighted by Crippen LogP contribution is 2.53. The van der Waals surface area contributed by atoms with Crippen LogP contribution in [-0.2, 0) is 5.41 Å². The van der Waals surface area contributed by atoms with Crippen molar-refractivity contribution < 1.29 is 0 Å². The highest BCUT2D eigenvalue weighted by atomic mass is 14.9. The first kappa shape index (κ1) is 9.41. The molecule has 0 aromatic heterocycles. The van der Waals surface area contributed by atoms with E-state index in [9.17, 15) is 0 Å². The van der Waals surface area contributed by atoms with Crippen molar-refractivity contribution in [3.63, 3.8) is 0 Å². The highest BCUT2D eigenvalue weighted by molar-refractivity contribution is 5.40. The molecule has 1 aromatic carbocycles. The Labute approximate surface area is 91.9 Å². The third-order valence-corrected chi connectivity index (χ3v) is 4.48. The minimum absolute atomic E-state index is 0.573. The summed E-state index contributed by atoms with van der Waals surface area (Å²) in [6.07, 6.45) is 6.96. The summed E-state index contributed by atoms with van der Waals surface area (Å²) in [6, 6.07) is 9.65. The molecule has 1 N–H and O–H groups in total. The highest BCUT2D eigenvalue weighted by Gasteiger charge is 2.43. The van der Waals surface area contributed by atoms with Crippen LogP contribution in [0.1, 0.15) is 49.3 Å². The van der Waals surface area contributed by atoms with Crippen LogP contribution >= 0.6 is 0 Å². The van der Waals surface area contributed by atoms with Crippen molar-refractivity contribution in [1.82, 2.24) is 5.32 Å². The van der Waals surface area contributed by atoms with Crippen molar-refractivity contribution in [1.29, 1.82) is 0 Å². The third-order valence-electron chi connectivity index (χ3n) is 4.48. The first-order valence-electron chi connectivity index (χ1n) is 6.12. The summed E-state index contributed by atoms with van der Waals surface area (Å²) < 4.78 is 0. The fourth-order valence-electron chi connectivity index (χ4n) is 3.42. The van der Waals surface area contributed by atoms with Crippen LogP contribution in [0.5, 0.6) is 0 Å². The fraction of sp³-hybridized carbons (Fsp3) is 0.571. The third kappa shape index (κ3) is 1.26. The van der Waals surface area contributed by atoms with Gasteiger partial charge in [0.25, 0.3) is 0 Å². The molecule has 1 unspecified atom stereocenters. The van der Waals surface area contributed by atoms with Gasteiger partial charge in [-0.15, -0.1) is 0 Å². The fourth-order valence-corrected chi connectivity index (χ4v) is 3.42. The molecule has 1 atom stereocenters. The van der Waals surface area contributed by atoms with Crippen molar-refractivity contribution in [3.05, 3.63) is 35.4 Å². The lowest BCUT2D eigenvalue weighted by molar-refractivity contribution is 0.194. The molecule has 80 valence electrons. The molecule has 1 fully saturated rings. The molecule has 1 nitrogen and oxygen atoms in total. The van der Waals surface area contributed by atoms with E-state index in [2.05, 4.69) is 36.6 Å². The maximum atomic E-state index is 3.45. The van der Waals surface area contributed by atoms with E-state index in [1.165, 1.54) is 32.1 Å². The molecule has 1 heteroatoms. The molecular weight excluding hydrogens is 182 g/mol. The van der Waals surface area contributed by atoms with E-state index in [0.717, 1.165) is 0 Å². The van der Waals surface area contributed by atoms with Gasteiger partial charge in [0.2, 0.25) is 0 Å². The van der Waals surface area contributed by atoms with Crippen LogP contribution in [0.15, 0.2) is 24.3 Å². The second kappa shape index (κ2) is 3.34. The summed E-state index contributed by atoms with van der Waals surface area (Å²) in [5.74, 6) is 0. The summed E-state index contributed by atoms with van der Waals surface area (Å²) in [5.41, 5.74) is 3.78. The zero-order valence-electron chi connectivity index (χ0n) is 9.42. The van der Waals surface area contributed by atoms with Crippen molar-refractivity contribution in [3.8, 4) is 0 Å². The SMILES string of the molecule is CNC1CCC2(CCC2)c2ccccc21. The second-order valence-electron chi connectivity index (χ2n) is 5.10. The van der Waals surface area contributed by atoms with Gasteiger partial charge in [-0.05, 0) is 49.3 Å². The van der Waals surface area contributed by atoms with E-state index in [1.807, 2.05) is 0 Å². The topological polar surface area (TPSA) is 12.0 Å². The standard InChI is InChI=1S/C14H19N/c1-15-13-7-10-14(8-4-9-14)12-6-3-2-5-11(12)13/h2-3,5-6,13,15H,4,7-10H2,1H3. The van der Waals surface area contributed by atoms with E-state index >= 15 is 0 Å². The summed E-state index contributed by atoms with van der Waals surface area (Å²) >= 11 is 0. The number of hydrogen-bond acceptors (Lipinski definition) is 1. The zero-order chi connectivity index (χ0) is 10.3. The first-order chi connectivity index (χ1) is 7.36. The lowest BCUT2D eigenvalue weighted by Crippen LogP contribution is -2.40. The van der Waals surface area contributed by atoms with Crippen molar-refractivity contribution in [2.24, 2.45) is 0 Å². The summed E-state index contributed by atoms with van der Waals surface area (Å²) in [7, 11) is 2.08.